The molecule has 0 bridgehead atoms. The number of nitrogens with zero attached hydrogens (tertiary/aromatic N) is 6. The highest BCUT2D eigenvalue weighted by molar-refractivity contribution is 8.00. The molecule has 9 heteroatoms. The fourth-order valence-corrected chi connectivity index (χ4v) is 2.49. The van der Waals surface area contributed by atoms with E-state index in [9.17, 15) is 0 Å². The Bertz CT molecular complexity index is 515. The van der Waals surface area contributed by atoms with Crippen molar-refractivity contribution in [1.29, 1.82) is 0 Å². The van der Waals surface area contributed by atoms with Crippen LogP contribution in [0.25, 0.3) is 0 Å². The third-order valence-corrected chi connectivity index (χ3v) is 3.64. The molecule has 0 unspecified atom stereocenters. The van der Waals surface area contributed by atoms with E-state index in [-0.39, 0.29) is 0 Å². The van der Waals surface area contributed by atoms with Gasteiger partial charge in [0.1, 0.15) is 6.33 Å². The van der Waals surface area contributed by atoms with Crippen molar-refractivity contribution in [3.05, 3.63) is 6.33 Å². The molecule has 0 fully saturated rings. The van der Waals surface area contributed by atoms with Gasteiger partial charge in [-0.25, -0.2) is 4.98 Å². The summed E-state index contributed by atoms with van der Waals surface area (Å²) in [4.78, 5) is 19.1. The van der Waals surface area contributed by atoms with Crippen LogP contribution < -0.4 is 10.2 Å². The molecule has 1 N–H and O–H groups in total. The normalized spacial score (nSPS) is 10.5. The average Bonchev–Trinajstić information content (AvgIpc) is 2.89. The molecule has 0 aliphatic rings. The lowest BCUT2D eigenvalue weighted by Crippen LogP contribution is -2.16. The van der Waals surface area contributed by atoms with Crippen LogP contribution in [-0.2, 0) is 0 Å². The number of hydrogen-bond acceptors (Lipinski definition) is 9. The Morgan fingerprint density at radius 3 is 2.79 bits per heavy atom. The highest BCUT2D eigenvalue weighted by Crippen LogP contribution is 2.26. The van der Waals surface area contributed by atoms with E-state index >= 15 is 0 Å². The van der Waals surface area contributed by atoms with E-state index in [1.807, 2.05) is 19.0 Å². The summed E-state index contributed by atoms with van der Waals surface area (Å²) < 4.78 is 4.78. The summed E-state index contributed by atoms with van der Waals surface area (Å²) in [6.45, 7) is 2.93. The molecule has 0 aromatic carbocycles. The first-order valence-electron chi connectivity index (χ1n) is 5.81. The Hall–Kier alpha value is -1.48. The van der Waals surface area contributed by atoms with Crippen molar-refractivity contribution < 1.29 is 0 Å². The number of nitrogens with one attached hydrogen (secondary N) is 1. The minimum absolute atomic E-state index is 0.590. The molecule has 0 aliphatic heterocycles. The van der Waals surface area contributed by atoms with Crippen molar-refractivity contribution in [2.24, 2.45) is 0 Å². The van der Waals surface area contributed by atoms with Crippen LogP contribution in [0, 0.1) is 0 Å². The average molecular weight is 297 g/mol. The zero-order valence-corrected chi connectivity index (χ0v) is 12.6. The monoisotopic (exact) mass is 297 g/mol. The van der Waals surface area contributed by atoms with Crippen molar-refractivity contribution in [2.45, 2.75) is 22.8 Å². The fraction of sp³-hybridized carbons (Fsp3) is 0.500. The van der Waals surface area contributed by atoms with Crippen LogP contribution in [0.4, 0.5) is 11.9 Å². The quantitative estimate of drug-likeness (QED) is 0.864. The first-order chi connectivity index (χ1) is 9.19. The third-order valence-electron chi connectivity index (χ3n) is 2.06. The molecule has 102 valence electrons. The zero-order valence-electron chi connectivity index (χ0n) is 11.0. The summed E-state index contributed by atoms with van der Waals surface area (Å²) in [7, 11) is 3.80. The molecule has 0 saturated carbocycles. The van der Waals surface area contributed by atoms with Gasteiger partial charge in [0.05, 0.1) is 0 Å². The predicted molar refractivity (Wildman–Crippen MR) is 77.0 cm³/mol. The fourth-order valence-electron chi connectivity index (χ4n) is 1.19. The summed E-state index contributed by atoms with van der Waals surface area (Å²) in [6, 6.07) is 0. The molecule has 7 nitrogen and oxygen atoms in total. The van der Waals surface area contributed by atoms with Gasteiger partial charge < -0.3 is 10.2 Å². The molecule has 2 aromatic rings. The van der Waals surface area contributed by atoms with Gasteiger partial charge in [-0.15, -0.1) is 0 Å². The smallest absolute Gasteiger partial charge is 0.230 e. The minimum atomic E-state index is 0.590. The van der Waals surface area contributed by atoms with Crippen LogP contribution in [0.5, 0.6) is 0 Å². The number of anilines is 2. The molecule has 0 saturated heterocycles. The van der Waals surface area contributed by atoms with Crippen molar-refractivity contribution in [2.75, 3.05) is 30.9 Å². The van der Waals surface area contributed by atoms with Crippen LogP contribution in [0.2, 0.25) is 0 Å². The molecule has 0 atom stereocenters. The lowest BCUT2D eigenvalue weighted by molar-refractivity contribution is 0.851. The Morgan fingerprint density at radius 1 is 1.32 bits per heavy atom. The number of rotatable bonds is 6. The van der Waals surface area contributed by atoms with Gasteiger partial charge in [-0.05, 0) is 29.7 Å². The summed E-state index contributed by atoms with van der Waals surface area (Å²) in [6.07, 6.45) is 2.54. The molecule has 0 spiro atoms. The second-order valence-corrected chi connectivity index (χ2v) is 5.87. The molecule has 0 radical (unpaired) electrons. The second kappa shape index (κ2) is 6.62. The Kier molecular flexibility index (Phi) is 4.86. The summed E-state index contributed by atoms with van der Waals surface area (Å²) in [5.41, 5.74) is 0. The zero-order chi connectivity index (χ0) is 13.7. The summed E-state index contributed by atoms with van der Waals surface area (Å²) >= 11 is 2.71. The third kappa shape index (κ3) is 4.00. The molecule has 2 aromatic heterocycles. The van der Waals surface area contributed by atoms with Gasteiger partial charge in [0.25, 0.3) is 0 Å². The van der Waals surface area contributed by atoms with E-state index < -0.39 is 0 Å². The SMILES string of the molecule is CCCNc1nc(Sc2ncns2)nc(N(C)C)n1. The van der Waals surface area contributed by atoms with Crippen molar-refractivity contribution in [3.8, 4) is 0 Å². The molecular weight excluding hydrogens is 282 g/mol. The summed E-state index contributed by atoms with van der Waals surface area (Å²) in [5, 5.41) is 3.79. The summed E-state index contributed by atoms with van der Waals surface area (Å²) in [5.74, 6) is 1.22. The van der Waals surface area contributed by atoms with Gasteiger partial charge in [0.2, 0.25) is 17.1 Å². The molecular formula is C10H15N7S2. The van der Waals surface area contributed by atoms with Gasteiger partial charge in [-0.2, -0.15) is 19.3 Å². The molecule has 2 rings (SSSR count). The number of aromatic nitrogens is 5. The predicted octanol–water partition coefficient (Wildman–Crippen LogP) is 1.76. The van der Waals surface area contributed by atoms with E-state index in [1.54, 1.807) is 0 Å². The van der Waals surface area contributed by atoms with Crippen LogP contribution in [0.1, 0.15) is 13.3 Å². The Balaban J connectivity index is 2.23. The maximum absolute atomic E-state index is 4.38. The molecule has 2 heterocycles. The van der Waals surface area contributed by atoms with Gasteiger partial charge in [0, 0.05) is 20.6 Å². The first kappa shape index (κ1) is 13.9. The van der Waals surface area contributed by atoms with E-state index in [2.05, 4.69) is 36.5 Å². The lowest BCUT2D eigenvalue weighted by atomic mass is 10.5. The maximum atomic E-state index is 4.38. The van der Waals surface area contributed by atoms with Gasteiger partial charge >= 0.3 is 0 Å². The van der Waals surface area contributed by atoms with Crippen LogP contribution >= 0.6 is 23.3 Å². The van der Waals surface area contributed by atoms with E-state index in [0.29, 0.717) is 17.1 Å². The van der Waals surface area contributed by atoms with E-state index in [4.69, 9.17) is 0 Å². The van der Waals surface area contributed by atoms with Crippen molar-refractivity contribution >= 4 is 35.2 Å². The first-order valence-corrected chi connectivity index (χ1v) is 7.40. The lowest BCUT2D eigenvalue weighted by Gasteiger charge is -2.12. The van der Waals surface area contributed by atoms with Crippen molar-refractivity contribution in [1.82, 2.24) is 24.3 Å². The second-order valence-electron chi connectivity index (χ2n) is 3.87. The van der Waals surface area contributed by atoms with Crippen LogP contribution in [-0.4, -0.2) is 44.9 Å². The topological polar surface area (TPSA) is 79.7 Å². The van der Waals surface area contributed by atoms with Crippen molar-refractivity contribution in [3.63, 3.8) is 0 Å². The molecule has 0 aliphatic carbocycles. The van der Waals surface area contributed by atoms with E-state index in [1.165, 1.54) is 29.6 Å². The standard InChI is InChI=1S/C10H15N7S2/c1-4-5-11-7-14-8(17(2)3)16-9(15-7)18-10-12-6-13-19-10/h6H,4-5H2,1-3H3,(H,11,14,15,16). The highest BCUT2D eigenvalue weighted by atomic mass is 32.2. The minimum Gasteiger partial charge on any atom is -0.354 e. The van der Waals surface area contributed by atoms with E-state index in [0.717, 1.165) is 17.3 Å². The van der Waals surface area contributed by atoms with Gasteiger partial charge in [-0.1, -0.05) is 6.92 Å². The maximum Gasteiger partial charge on any atom is 0.230 e. The van der Waals surface area contributed by atoms with Gasteiger partial charge in [0.15, 0.2) is 4.34 Å². The number of hydrogen-bond donors (Lipinski definition) is 1. The van der Waals surface area contributed by atoms with Crippen LogP contribution in [0.15, 0.2) is 15.8 Å². The Morgan fingerprint density at radius 2 is 2.16 bits per heavy atom. The largest absolute Gasteiger partial charge is 0.354 e. The Labute approximate surface area is 120 Å². The highest BCUT2D eigenvalue weighted by Gasteiger charge is 2.10. The molecule has 0 amide bonds. The molecule has 19 heavy (non-hydrogen) atoms. The van der Waals surface area contributed by atoms with Gasteiger partial charge in [-0.3, -0.25) is 0 Å². The van der Waals surface area contributed by atoms with Crippen LogP contribution in [0.3, 0.4) is 0 Å².